The first-order valence-corrected chi connectivity index (χ1v) is 7.69. The van der Waals surface area contributed by atoms with Crippen LogP contribution < -0.4 is 10.6 Å². The molecule has 7 heteroatoms. The van der Waals surface area contributed by atoms with Crippen LogP contribution in [0.15, 0.2) is 23.5 Å². The summed E-state index contributed by atoms with van der Waals surface area (Å²) in [4.78, 5) is 12.3. The number of carbonyl (C=O) groups is 1. The van der Waals surface area contributed by atoms with Gasteiger partial charge in [0.15, 0.2) is 0 Å². The highest BCUT2D eigenvalue weighted by atomic mass is 32.2. The Morgan fingerprint density at radius 3 is 1.91 bits per heavy atom. The fraction of sp³-hybridized carbons (Fsp3) is 0.667. The van der Waals surface area contributed by atoms with Crippen LogP contribution in [0, 0.1) is 0 Å². The molecule has 128 valence electrons. The zero-order valence-electron chi connectivity index (χ0n) is 14.1. The van der Waals surface area contributed by atoms with Crippen molar-refractivity contribution in [3.05, 3.63) is 23.5 Å². The van der Waals surface area contributed by atoms with Gasteiger partial charge in [0.25, 0.3) is 0 Å². The van der Waals surface area contributed by atoms with Gasteiger partial charge < -0.3 is 10.6 Å². The average Bonchev–Trinajstić information content (AvgIpc) is 2.29. The highest BCUT2D eigenvalue weighted by molar-refractivity contribution is 8.02. The van der Waals surface area contributed by atoms with Gasteiger partial charge in [-0.25, -0.2) is 0 Å². The van der Waals surface area contributed by atoms with E-state index in [1.54, 1.807) is 13.8 Å². The number of allylic oxidation sites excluding steroid dienone is 3. The van der Waals surface area contributed by atoms with E-state index in [9.17, 15) is 18.0 Å². The van der Waals surface area contributed by atoms with E-state index in [1.807, 2.05) is 20.8 Å². The van der Waals surface area contributed by atoms with E-state index in [0.717, 1.165) is 12.2 Å². The molecule has 0 spiro atoms. The second-order valence-corrected chi connectivity index (χ2v) is 8.68. The van der Waals surface area contributed by atoms with Crippen molar-refractivity contribution in [2.45, 2.75) is 57.2 Å². The first-order valence-electron chi connectivity index (χ1n) is 6.87. The Bertz CT molecular complexity index is 460. The second-order valence-electron chi connectivity index (χ2n) is 6.23. The molecule has 0 aliphatic heterocycles. The third-order valence-electron chi connectivity index (χ3n) is 2.56. The molecule has 0 radical (unpaired) electrons. The van der Waals surface area contributed by atoms with Crippen LogP contribution in [0.5, 0.6) is 0 Å². The Morgan fingerprint density at radius 1 is 1.09 bits per heavy atom. The SMILES string of the molecule is C/C=C(\C=C(/NC)NC(=O)C(C)(C)SC(C)(C)C)C(F)(F)F. The Kier molecular flexibility index (Phi) is 7.06. The van der Waals surface area contributed by atoms with Crippen molar-refractivity contribution in [1.29, 1.82) is 0 Å². The summed E-state index contributed by atoms with van der Waals surface area (Å²) in [7, 11) is 1.46. The number of hydrogen-bond acceptors (Lipinski definition) is 3. The molecule has 0 aromatic carbocycles. The third kappa shape index (κ3) is 7.24. The van der Waals surface area contributed by atoms with Gasteiger partial charge in [0.1, 0.15) is 5.82 Å². The summed E-state index contributed by atoms with van der Waals surface area (Å²) in [6, 6.07) is 0. The van der Waals surface area contributed by atoms with Crippen molar-refractivity contribution in [1.82, 2.24) is 10.6 Å². The summed E-state index contributed by atoms with van der Waals surface area (Å²) in [5.41, 5.74) is -0.821. The summed E-state index contributed by atoms with van der Waals surface area (Å²) in [6.07, 6.45) is -2.62. The first kappa shape index (κ1) is 20.9. The van der Waals surface area contributed by atoms with E-state index >= 15 is 0 Å². The molecule has 0 aromatic rings. The molecule has 0 bridgehead atoms. The summed E-state index contributed by atoms with van der Waals surface area (Å²) in [5.74, 6) is -0.344. The molecule has 0 unspecified atom stereocenters. The average molecular weight is 338 g/mol. The second kappa shape index (κ2) is 7.44. The minimum absolute atomic E-state index is 0.0120. The quantitative estimate of drug-likeness (QED) is 0.745. The Balaban J connectivity index is 5.21. The monoisotopic (exact) mass is 338 g/mol. The zero-order valence-corrected chi connectivity index (χ0v) is 14.9. The Hall–Kier alpha value is -1.11. The van der Waals surface area contributed by atoms with Gasteiger partial charge in [-0.2, -0.15) is 13.2 Å². The number of nitrogens with one attached hydrogen (secondary N) is 2. The highest BCUT2D eigenvalue weighted by Crippen LogP contribution is 2.36. The Labute approximate surface area is 134 Å². The van der Waals surface area contributed by atoms with Crippen molar-refractivity contribution >= 4 is 17.7 Å². The molecule has 1 amide bonds. The van der Waals surface area contributed by atoms with Crippen LogP contribution in [0.3, 0.4) is 0 Å². The molecular formula is C15H25F3N2OS. The van der Waals surface area contributed by atoms with Gasteiger partial charge in [0.2, 0.25) is 5.91 Å². The molecule has 0 aromatic heterocycles. The van der Waals surface area contributed by atoms with Gasteiger partial charge in [0, 0.05) is 11.8 Å². The lowest BCUT2D eigenvalue weighted by atomic mass is 10.2. The van der Waals surface area contributed by atoms with Gasteiger partial charge in [-0.1, -0.05) is 26.8 Å². The van der Waals surface area contributed by atoms with Gasteiger partial charge in [-0.15, -0.1) is 11.8 Å². The lowest BCUT2D eigenvalue weighted by Crippen LogP contribution is -2.43. The standard InChI is InChI=1S/C15H25F3N2OS/c1-8-10(15(16,17)18)9-11(19-7)20-12(21)14(5,6)22-13(2,3)4/h8-9,19H,1-7H3,(H,20,21)/b10-8+,11-9+. The molecule has 2 N–H and O–H groups in total. The molecule has 0 atom stereocenters. The van der Waals surface area contributed by atoms with Crippen LogP contribution in [0.25, 0.3) is 0 Å². The largest absolute Gasteiger partial charge is 0.416 e. The number of alkyl halides is 3. The first-order chi connectivity index (χ1) is 9.73. The van der Waals surface area contributed by atoms with Gasteiger partial charge >= 0.3 is 6.18 Å². The van der Waals surface area contributed by atoms with E-state index < -0.39 is 16.5 Å². The van der Waals surface area contributed by atoms with Gasteiger partial charge in [0.05, 0.1) is 10.3 Å². The van der Waals surface area contributed by atoms with Crippen LogP contribution in [0.2, 0.25) is 0 Å². The Morgan fingerprint density at radius 2 is 1.59 bits per heavy atom. The summed E-state index contributed by atoms with van der Waals surface area (Å²) < 4.78 is 37.3. The van der Waals surface area contributed by atoms with Crippen LogP contribution in [0.4, 0.5) is 13.2 Å². The molecule has 0 rings (SSSR count). The number of amides is 1. The minimum Gasteiger partial charge on any atom is -0.375 e. The van der Waals surface area contributed by atoms with Crippen molar-refractivity contribution in [3.8, 4) is 0 Å². The molecule has 0 saturated heterocycles. The van der Waals surface area contributed by atoms with Crippen LogP contribution in [-0.4, -0.2) is 28.6 Å². The highest BCUT2D eigenvalue weighted by Gasteiger charge is 2.35. The number of thioether (sulfide) groups is 1. The zero-order chi connectivity index (χ0) is 17.8. The molecule has 0 saturated carbocycles. The molecule has 0 aliphatic rings. The van der Waals surface area contributed by atoms with Crippen LogP contribution in [0.1, 0.15) is 41.5 Å². The predicted molar refractivity (Wildman–Crippen MR) is 86.5 cm³/mol. The lowest BCUT2D eigenvalue weighted by Gasteiger charge is -2.31. The predicted octanol–water partition coefficient (Wildman–Crippen LogP) is 3.98. The number of hydrogen-bond donors (Lipinski definition) is 2. The molecule has 0 heterocycles. The molecule has 0 fully saturated rings. The van der Waals surface area contributed by atoms with Crippen molar-refractivity contribution < 1.29 is 18.0 Å². The molecule has 3 nitrogen and oxygen atoms in total. The number of carbonyl (C=O) groups excluding carboxylic acids is 1. The fourth-order valence-electron chi connectivity index (χ4n) is 1.74. The molecular weight excluding hydrogens is 313 g/mol. The summed E-state index contributed by atoms with van der Waals surface area (Å²) in [6.45, 7) is 10.7. The number of halogens is 3. The maximum atomic E-state index is 12.8. The van der Waals surface area contributed by atoms with E-state index in [0.29, 0.717) is 0 Å². The van der Waals surface area contributed by atoms with E-state index in [2.05, 4.69) is 10.6 Å². The van der Waals surface area contributed by atoms with Gasteiger partial charge in [-0.3, -0.25) is 4.79 Å². The summed E-state index contributed by atoms with van der Waals surface area (Å²) >= 11 is 1.45. The maximum absolute atomic E-state index is 12.8. The van der Waals surface area contributed by atoms with Crippen LogP contribution in [-0.2, 0) is 4.79 Å². The topological polar surface area (TPSA) is 41.1 Å². The van der Waals surface area contributed by atoms with Gasteiger partial charge in [-0.05, 0) is 26.8 Å². The van der Waals surface area contributed by atoms with Crippen LogP contribution >= 0.6 is 11.8 Å². The molecule has 22 heavy (non-hydrogen) atoms. The van der Waals surface area contributed by atoms with E-state index in [4.69, 9.17) is 0 Å². The lowest BCUT2D eigenvalue weighted by molar-refractivity contribution is -0.122. The smallest absolute Gasteiger partial charge is 0.375 e. The van der Waals surface area contributed by atoms with E-state index in [-0.39, 0.29) is 16.5 Å². The minimum atomic E-state index is -4.46. The van der Waals surface area contributed by atoms with Crippen molar-refractivity contribution in [3.63, 3.8) is 0 Å². The van der Waals surface area contributed by atoms with Crippen molar-refractivity contribution in [2.75, 3.05) is 7.05 Å². The summed E-state index contributed by atoms with van der Waals surface area (Å²) in [5, 5.41) is 5.10. The molecule has 0 aliphatic carbocycles. The third-order valence-corrected chi connectivity index (χ3v) is 3.87. The van der Waals surface area contributed by atoms with E-state index in [1.165, 1.54) is 25.7 Å². The number of rotatable bonds is 5. The maximum Gasteiger partial charge on any atom is 0.416 e. The van der Waals surface area contributed by atoms with Crippen molar-refractivity contribution in [2.24, 2.45) is 0 Å². The fourth-order valence-corrected chi connectivity index (χ4v) is 3.41. The normalized spacial score (nSPS) is 14.8.